The molecule has 0 saturated heterocycles. The molecule has 1 unspecified atom stereocenters. The summed E-state index contributed by atoms with van der Waals surface area (Å²) in [6.45, 7) is 7.87. The fourth-order valence-electron chi connectivity index (χ4n) is 1.72. The zero-order valence-electron chi connectivity index (χ0n) is 10.1. The third-order valence-corrected chi connectivity index (χ3v) is 2.81. The highest BCUT2D eigenvalue weighted by Crippen LogP contribution is 2.19. The van der Waals surface area contributed by atoms with Crippen LogP contribution in [0.5, 0.6) is 0 Å². The fraction of sp³-hybridized carbons (Fsp3) is 0.538. The van der Waals surface area contributed by atoms with Gasteiger partial charge in [-0.3, -0.25) is 0 Å². The molecule has 1 rings (SSSR count). The summed E-state index contributed by atoms with van der Waals surface area (Å²) in [5.41, 5.74) is 3.46. The van der Waals surface area contributed by atoms with Crippen LogP contribution in [-0.2, 0) is 0 Å². The van der Waals surface area contributed by atoms with Crippen molar-refractivity contribution in [2.45, 2.75) is 26.9 Å². The molecule has 0 aliphatic carbocycles. The van der Waals surface area contributed by atoms with E-state index in [4.69, 9.17) is 0 Å². The van der Waals surface area contributed by atoms with Crippen LogP contribution in [-0.4, -0.2) is 30.1 Å². The van der Waals surface area contributed by atoms with Gasteiger partial charge in [-0.05, 0) is 38.6 Å². The third-order valence-electron chi connectivity index (χ3n) is 2.81. The molecule has 0 radical (unpaired) electrons. The van der Waals surface area contributed by atoms with Gasteiger partial charge in [0.05, 0.1) is 6.10 Å². The van der Waals surface area contributed by atoms with E-state index in [1.807, 2.05) is 13.1 Å². The maximum Gasteiger partial charge on any atom is 0.0919 e. The molecule has 15 heavy (non-hydrogen) atoms. The molecule has 1 atom stereocenters. The SMILES string of the molecule is CCN(C)CC(O)c1ccc(C)cc1C. The van der Waals surface area contributed by atoms with E-state index in [1.165, 1.54) is 11.1 Å². The first-order valence-corrected chi connectivity index (χ1v) is 5.48. The van der Waals surface area contributed by atoms with E-state index in [9.17, 15) is 5.11 Å². The molecule has 0 aliphatic heterocycles. The topological polar surface area (TPSA) is 23.5 Å². The third kappa shape index (κ3) is 3.33. The van der Waals surface area contributed by atoms with E-state index in [-0.39, 0.29) is 6.10 Å². The first kappa shape index (κ1) is 12.2. The maximum atomic E-state index is 10.1. The van der Waals surface area contributed by atoms with Crippen molar-refractivity contribution < 1.29 is 5.11 Å². The monoisotopic (exact) mass is 207 g/mol. The van der Waals surface area contributed by atoms with Crippen LogP contribution in [0.4, 0.5) is 0 Å². The van der Waals surface area contributed by atoms with E-state index in [0.29, 0.717) is 6.54 Å². The Balaban J connectivity index is 2.77. The molecule has 0 amide bonds. The summed E-state index contributed by atoms with van der Waals surface area (Å²) < 4.78 is 0. The Morgan fingerprint density at radius 3 is 2.53 bits per heavy atom. The first-order valence-electron chi connectivity index (χ1n) is 5.48. The van der Waals surface area contributed by atoms with E-state index in [0.717, 1.165) is 12.1 Å². The molecule has 0 bridgehead atoms. The molecular weight excluding hydrogens is 186 g/mol. The predicted octanol–water partition coefficient (Wildman–Crippen LogP) is 2.29. The number of hydrogen-bond acceptors (Lipinski definition) is 2. The molecule has 0 aromatic heterocycles. The van der Waals surface area contributed by atoms with Gasteiger partial charge in [-0.25, -0.2) is 0 Å². The van der Waals surface area contributed by atoms with E-state index < -0.39 is 0 Å². The van der Waals surface area contributed by atoms with Crippen molar-refractivity contribution in [1.82, 2.24) is 4.90 Å². The van der Waals surface area contributed by atoms with Gasteiger partial charge in [0, 0.05) is 6.54 Å². The minimum absolute atomic E-state index is 0.379. The van der Waals surface area contributed by atoms with Crippen molar-refractivity contribution >= 4 is 0 Å². The summed E-state index contributed by atoms with van der Waals surface area (Å²) in [6.07, 6.45) is -0.379. The van der Waals surface area contributed by atoms with Crippen LogP contribution in [0.15, 0.2) is 18.2 Å². The second-order valence-electron chi connectivity index (χ2n) is 4.23. The fourth-order valence-corrected chi connectivity index (χ4v) is 1.72. The number of nitrogens with zero attached hydrogens (tertiary/aromatic N) is 1. The number of benzene rings is 1. The van der Waals surface area contributed by atoms with Crippen molar-refractivity contribution in [2.75, 3.05) is 20.1 Å². The summed E-state index contributed by atoms with van der Waals surface area (Å²) >= 11 is 0. The molecule has 0 saturated carbocycles. The summed E-state index contributed by atoms with van der Waals surface area (Å²) in [4.78, 5) is 2.12. The molecule has 2 heteroatoms. The van der Waals surface area contributed by atoms with Gasteiger partial charge in [0.1, 0.15) is 0 Å². The highest BCUT2D eigenvalue weighted by atomic mass is 16.3. The average molecular weight is 207 g/mol. The summed E-state index contributed by atoms with van der Waals surface area (Å²) in [6, 6.07) is 6.20. The number of rotatable bonds is 4. The molecule has 2 nitrogen and oxygen atoms in total. The summed E-state index contributed by atoms with van der Waals surface area (Å²) in [5, 5.41) is 10.1. The molecule has 0 aliphatic rings. The molecule has 1 aromatic carbocycles. The smallest absolute Gasteiger partial charge is 0.0919 e. The van der Waals surface area contributed by atoms with Gasteiger partial charge < -0.3 is 10.0 Å². The van der Waals surface area contributed by atoms with Gasteiger partial charge in [0.2, 0.25) is 0 Å². The summed E-state index contributed by atoms with van der Waals surface area (Å²) in [7, 11) is 2.02. The lowest BCUT2D eigenvalue weighted by Crippen LogP contribution is -2.24. The first-order chi connectivity index (χ1) is 7.04. The van der Waals surface area contributed by atoms with Gasteiger partial charge >= 0.3 is 0 Å². The highest BCUT2D eigenvalue weighted by Gasteiger charge is 2.11. The van der Waals surface area contributed by atoms with Crippen LogP contribution in [0, 0.1) is 13.8 Å². The Morgan fingerprint density at radius 1 is 1.33 bits per heavy atom. The number of aliphatic hydroxyl groups is 1. The van der Waals surface area contributed by atoms with Gasteiger partial charge in [0.25, 0.3) is 0 Å². The van der Waals surface area contributed by atoms with Crippen LogP contribution in [0.1, 0.15) is 29.7 Å². The largest absolute Gasteiger partial charge is 0.387 e. The van der Waals surface area contributed by atoms with Crippen molar-refractivity contribution in [1.29, 1.82) is 0 Å². The summed E-state index contributed by atoms with van der Waals surface area (Å²) in [5.74, 6) is 0. The van der Waals surface area contributed by atoms with Crippen molar-refractivity contribution in [3.8, 4) is 0 Å². The molecule has 0 fully saturated rings. The number of hydrogen-bond donors (Lipinski definition) is 1. The maximum absolute atomic E-state index is 10.1. The van der Waals surface area contributed by atoms with Gasteiger partial charge in [-0.15, -0.1) is 0 Å². The van der Waals surface area contributed by atoms with Gasteiger partial charge in [-0.2, -0.15) is 0 Å². The van der Waals surface area contributed by atoms with E-state index in [2.05, 4.69) is 37.8 Å². The van der Waals surface area contributed by atoms with E-state index in [1.54, 1.807) is 0 Å². The van der Waals surface area contributed by atoms with Gasteiger partial charge in [0.15, 0.2) is 0 Å². The molecule has 84 valence electrons. The minimum Gasteiger partial charge on any atom is -0.387 e. The Labute approximate surface area is 92.5 Å². The lowest BCUT2D eigenvalue weighted by molar-refractivity contribution is 0.129. The molecule has 0 spiro atoms. The number of aryl methyl sites for hydroxylation is 2. The minimum atomic E-state index is -0.379. The highest BCUT2D eigenvalue weighted by molar-refractivity contribution is 5.32. The van der Waals surface area contributed by atoms with Crippen molar-refractivity contribution in [2.24, 2.45) is 0 Å². The standard InChI is InChI=1S/C13H21NO/c1-5-14(4)9-13(15)12-7-6-10(2)8-11(12)3/h6-8,13,15H,5,9H2,1-4H3. The Bertz CT molecular complexity index is 322. The van der Waals surface area contributed by atoms with Crippen molar-refractivity contribution in [3.05, 3.63) is 34.9 Å². The van der Waals surface area contributed by atoms with Crippen LogP contribution in [0.3, 0.4) is 0 Å². The Kier molecular flexibility index (Phi) is 4.30. The predicted molar refractivity (Wildman–Crippen MR) is 64.0 cm³/mol. The second kappa shape index (κ2) is 5.29. The van der Waals surface area contributed by atoms with Crippen molar-refractivity contribution in [3.63, 3.8) is 0 Å². The normalized spacial score (nSPS) is 13.2. The second-order valence-corrected chi connectivity index (χ2v) is 4.23. The molecule has 1 aromatic rings. The molecule has 0 heterocycles. The quantitative estimate of drug-likeness (QED) is 0.819. The number of likely N-dealkylation sites (N-methyl/N-ethyl adjacent to an activating group) is 1. The zero-order valence-corrected chi connectivity index (χ0v) is 10.1. The Morgan fingerprint density at radius 2 is 2.00 bits per heavy atom. The molecule has 1 N–H and O–H groups in total. The average Bonchev–Trinajstić information content (AvgIpc) is 2.17. The number of aliphatic hydroxyl groups excluding tert-OH is 1. The van der Waals surface area contributed by atoms with Gasteiger partial charge in [-0.1, -0.05) is 30.7 Å². The zero-order chi connectivity index (χ0) is 11.4. The lowest BCUT2D eigenvalue weighted by Gasteiger charge is -2.20. The van der Waals surface area contributed by atoms with Crippen LogP contribution >= 0.6 is 0 Å². The lowest BCUT2D eigenvalue weighted by atomic mass is 10.0. The van der Waals surface area contributed by atoms with Crippen LogP contribution in [0.25, 0.3) is 0 Å². The van der Waals surface area contributed by atoms with Crippen LogP contribution < -0.4 is 0 Å². The van der Waals surface area contributed by atoms with Crippen LogP contribution in [0.2, 0.25) is 0 Å². The van der Waals surface area contributed by atoms with E-state index >= 15 is 0 Å². The molecular formula is C13H21NO. The Hall–Kier alpha value is -0.860.